The monoisotopic (exact) mass is 701 g/mol. The van der Waals surface area contributed by atoms with Crippen molar-refractivity contribution in [3.05, 3.63) is 145 Å². The first-order valence-electron chi connectivity index (χ1n) is 14.9. The number of azide groups is 1. The maximum atomic E-state index is 14.5. The number of ether oxygens (including phenoxy) is 2. The van der Waals surface area contributed by atoms with Gasteiger partial charge in [-0.1, -0.05) is 81.2 Å². The fourth-order valence-corrected chi connectivity index (χ4v) is 5.85. The van der Waals surface area contributed by atoms with Gasteiger partial charge in [0.15, 0.2) is 11.6 Å². The van der Waals surface area contributed by atoms with Crippen LogP contribution in [0.25, 0.3) is 10.4 Å². The zero-order valence-corrected chi connectivity index (χ0v) is 27.3. The fourth-order valence-electron chi connectivity index (χ4n) is 5.37. The number of hydrogen-bond donors (Lipinski definition) is 2. The number of nitrogens with zero attached hydrogens (tertiary/aromatic N) is 4. The number of halogens is 2. The Morgan fingerprint density at radius 3 is 2.54 bits per heavy atom. The van der Waals surface area contributed by atoms with Gasteiger partial charge < -0.3 is 19.9 Å². The molecule has 236 valence electrons. The van der Waals surface area contributed by atoms with Crippen molar-refractivity contribution in [1.82, 2.24) is 5.32 Å². The predicted octanol–water partition coefficient (Wildman–Crippen LogP) is 7.53. The Labute approximate surface area is 281 Å². The Morgan fingerprint density at radius 2 is 1.83 bits per heavy atom. The van der Waals surface area contributed by atoms with Gasteiger partial charge in [0, 0.05) is 46.0 Å². The molecule has 5 rings (SSSR count). The topological polar surface area (TPSA) is 129 Å². The minimum atomic E-state index is -1.40. The number of aliphatic imine (C=N–C) groups is 1. The molecule has 9 nitrogen and oxygen atoms in total. The molecule has 0 fully saturated rings. The molecule has 0 saturated carbocycles. The van der Waals surface area contributed by atoms with Gasteiger partial charge in [-0.25, -0.2) is 4.99 Å². The van der Waals surface area contributed by atoms with Gasteiger partial charge in [-0.05, 0) is 82.7 Å². The number of hydrogen-bond acceptors (Lipinski definition) is 6. The van der Waals surface area contributed by atoms with Crippen LogP contribution in [-0.2, 0) is 28.9 Å². The van der Waals surface area contributed by atoms with Crippen molar-refractivity contribution >= 4 is 39.3 Å². The number of amides is 1. The Morgan fingerprint density at radius 1 is 1.07 bits per heavy atom. The molecule has 1 aliphatic rings. The first kappa shape index (κ1) is 33.0. The maximum Gasteiger partial charge on any atom is 0.252 e. The van der Waals surface area contributed by atoms with Crippen LogP contribution < -0.4 is 10.1 Å². The zero-order valence-electron chi connectivity index (χ0n) is 25.0. The van der Waals surface area contributed by atoms with Crippen LogP contribution in [0.5, 0.6) is 5.75 Å². The second-order valence-corrected chi connectivity index (χ2v) is 12.2. The van der Waals surface area contributed by atoms with Crippen molar-refractivity contribution in [2.45, 2.75) is 37.5 Å². The molecule has 0 bridgehead atoms. The average Bonchev–Trinajstić information content (AvgIpc) is 3.45. The summed E-state index contributed by atoms with van der Waals surface area (Å²) in [5.74, 6) is 0.685. The van der Waals surface area contributed by atoms with Crippen molar-refractivity contribution in [3.63, 3.8) is 0 Å². The van der Waals surface area contributed by atoms with Gasteiger partial charge in [0.25, 0.3) is 5.91 Å². The molecule has 0 aliphatic carbocycles. The van der Waals surface area contributed by atoms with Gasteiger partial charge in [-0.2, -0.15) is 0 Å². The van der Waals surface area contributed by atoms with Gasteiger partial charge in [-0.15, -0.1) is 0 Å². The number of rotatable bonds is 14. The Balaban J connectivity index is 1.55. The highest BCUT2D eigenvalue weighted by atomic mass is 79.9. The van der Waals surface area contributed by atoms with E-state index in [1.165, 1.54) is 0 Å². The molecule has 2 N–H and O–H groups in total. The minimum Gasteiger partial charge on any atom is -0.494 e. The third-order valence-electron chi connectivity index (χ3n) is 7.67. The van der Waals surface area contributed by atoms with Crippen molar-refractivity contribution in [1.29, 1.82) is 0 Å². The number of benzene rings is 4. The van der Waals surface area contributed by atoms with E-state index in [-0.39, 0.29) is 25.5 Å². The van der Waals surface area contributed by atoms with Crippen LogP contribution in [0, 0.1) is 0 Å². The Hall–Kier alpha value is -4.34. The number of carbonyl (C=O) groups is 1. The smallest absolute Gasteiger partial charge is 0.252 e. The number of carbonyl (C=O) groups excluding carboxylic acids is 1. The highest BCUT2D eigenvalue weighted by molar-refractivity contribution is 9.10. The van der Waals surface area contributed by atoms with Crippen LogP contribution in [0.1, 0.15) is 40.3 Å². The molecule has 4 aromatic rings. The Kier molecular flexibility index (Phi) is 11.3. The molecule has 0 radical (unpaired) electrons. The van der Waals surface area contributed by atoms with E-state index in [1.54, 1.807) is 0 Å². The molecular weight excluding hydrogens is 670 g/mol. The van der Waals surface area contributed by atoms with Crippen molar-refractivity contribution in [2.75, 3.05) is 19.8 Å². The summed E-state index contributed by atoms with van der Waals surface area (Å²) in [4.78, 5) is 22.6. The standard InChI is InChI=1S/C35H33BrClN5O4/c36-29-13-9-25(10-14-29)32-35(22-27-6-1-2-7-28(27)23-40-42-38,34(44)39-18-17-24-5-3-8-30(37)21-24)41-33(46-32)26-11-15-31(16-12-26)45-20-4-19-43/h1-3,5-16,21,32,43H,4,17-20,22-23H2,(H,39,44)/t32-,35-/m1/s1. The maximum absolute atomic E-state index is 14.5. The molecular formula is C35H33BrClN5O4. The van der Waals surface area contributed by atoms with E-state index in [0.29, 0.717) is 48.2 Å². The van der Waals surface area contributed by atoms with Crippen LogP contribution in [0.3, 0.4) is 0 Å². The number of nitrogens with one attached hydrogen (secondary N) is 1. The summed E-state index contributed by atoms with van der Waals surface area (Å²) in [6.45, 7) is 0.943. The third kappa shape index (κ3) is 8.08. The summed E-state index contributed by atoms with van der Waals surface area (Å²) < 4.78 is 13.2. The minimum absolute atomic E-state index is 0.0510. The van der Waals surface area contributed by atoms with E-state index in [9.17, 15) is 4.79 Å². The summed E-state index contributed by atoms with van der Waals surface area (Å²) in [6, 6.07) is 30.1. The molecule has 0 unspecified atom stereocenters. The average molecular weight is 703 g/mol. The molecule has 1 heterocycles. The first-order chi connectivity index (χ1) is 22.4. The van der Waals surface area contributed by atoms with Crippen LogP contribution in [-0.4, -0.2) is 42.2 Å². The van der Waals surface area contributed by atoms with Gasteiger partial charge in [0.1, 0.15) is 5.75 Å². The molecule has 4 aromatic carbocycles. The molecule has 46 heavy (non-hydrogen) atoms. The van der Waals surface area contributed by atoms with Crippen LogP contribution >= 0.6 is 27.5 Å². The fraction of sp³-hybridized carbons (Fsp3) is 0.257. The lowest BCUT2D eigenvalue weighted by atomic mass is 9.81. The van der Waals surface area contributed by atoms with Gasteiger partial charge in [-0.3, -0.25) is 4.79 Å². The molecule has 11 heteroatoms. The molecule has 0 aromatic heterocycles. The molecule has 0 spiro atoms. The molecule has 0 saturated heterocycles. The molecule has 1 aliphatic heterocycles. The quantitative estimate of drug-likeness (QED) is 0.0609. The van der Waals surface area contributed by atoms with Crippen LogP contribution in [0.4, 0.5) is 0 Å². The lowest BCUT2D eigenvalue weighted by Crippen LogP contribution is -2.50. The van der Waals surface area contributed by atoms with Crippen LogP contribution in [0.15, 0.2) is 112 Å². The van der Waals surface area contributed by atoms with E-state index >= 15 is 0 Å². The summed E-state index contributed by atoms with van der Waals surface area (Å²) >= 11 is 9.71. The SMILES string of the molecule is [N-]=[N+]=NCc1ccccc1C[C@@]1(C(=O)NCCc2cccc(Cl)c2)N=C(c2ccc(OCCCO)cc2)O[C@@H]1c1ccc(Br)cc1. The second-order valence-electron chi connectivity index (χ2n) is 10.8. The second kappa shape index (κ2) is 15.8. The Bertz CT molecular complexity index is 1730. The lowest BCUT2D eigenvalue weighted by molar-refractivity contribution is -0.128. The lowest BCUT2D eigenvalue weighted by Gasteiger charge is -2.31. The van der Waals surface area contributed by atoms with Crippen molar-refractivity contribution in [3.8, 4) is 5.75 Å². The number of aliphatic hydroxyl groups excluding tert-OH is 1. The third-order valence-corrected chi connectivity index (χ3v) is 8.44. The largest absolute Gasteiger partial charge is 0.494 e. The van der Waals surface area contributed by atoms with Gasteiger partial charge >= 0.3 is 0 Å². The molecule has 2 atom stereocenters. The highest BCUT2D eigenvalue weighted by Crippen LogP contribution is 2.43. The van der Waals surface area contributed by atoms with Gasteiger partial charge in [0.05, 0.1) is 13.2 Å². The zero-order chi connectivity index (χ0) is 32.4. The molecule has 1 amide bonds. The van der Waals surface area contributed by atoms with E-state index in [2.05, 4.69) is 31.3 Å². The van der Waals surface area contributed by atoms with E-state index < -0.39 is 11.6 Å². The van der Waals surface area contributed by atoms with Crippen molar-refractivity contribution in [2.24, 2.45) is 10.1 Å². The van der Waals surface area contributed by atoms with E-state index in [4.69, 9.17) is 36.7 Å². The summed E-state index contributed by atoms with van der Waals surface area (Å²) in [7, 11) is 0. The van der Waals surface area contributed by atoms with Gasteiger partial charge in [0.2, 0.25) is 5.90 Å². The predicted molar refractivity (Wildman–Crippen MR) is 182 cm³/mol. The van der Waals surface area contributed by atoms with E-state index in [1.807, 2.05) is 97.1 Å². The highest BCUT2D eigenvalue weighted by Gasteiger charge is 2.53. The first-order valence-corrected chi connectivity index (χ1v) is 16.1. The van der Waals surface area contributed by atoms with Crippen LogP contribution in [0.2, 0.25) is 5.02 Å². The number of aliphatic hydroxyl groups is 1. The summed E-state index contributed by atoms with van der Waals surface area (Å²) in [5.41, 5.74) is 11.7. The summed E-state index contributed by atoms with van der Waals surface area (Å²) in [6.07, 6.45) is 0.533. The van der Waals surface area contributed by atoms with E-state index in [0.717, 1.165) is 26.7 Å². The van der Waals surface area contributed by atoms with Crippen molar-refractivity contribution < 1.29 is 19.4 Å². The summed E-state index contributed by atoms with van der Waals surface area (Å²) in [5, 5.41) is 16.6. The normalized spacial score (nSPS) is 17.0.